The van der Waals surface area contributed by atoms with E-state index in [-0.39, 0.29) is 18.0 Å². The predicted molar refractivity (Wildman–Crippen MR) is 142 cm³/mol. The van der Waals surface area contributed by atoms with Gasteiger partial charge in [0.1, 0.15) is 5.82 Å². The van der Waals surface area contributed by atoms with Crippen LogP contribution in [-0.4, -0.2) is 17.1 Å². The van der Waals surface area contributed by atoms with Crippen LogP contribution in [0, 0.1) is 23.7 Å². The number of carbonyl (C=O) groups is 1. The number of allylic oxidation sites excluding steroid dienone is 3. The number of ketones is 1. The van der Waals surface area contributed by atoms with Gasteiger partial charge in [-0.15, -0.1) is 0 Å². The lowest BCUT2D eigenvalue weighted by Gasteiger charge is -2.45. The Bertz CT molecular complexity index is 1540. The number of hydrogen-bond donors (Lipinski definition) is 0. The number of fused-ring (bicyclic) bond motifs is 1. The summed E-state index contributed by atoms with van der Waals surface area (Å²) in [5, 5.41) is 11.3. The number of anilines is 1. The second-order valence-electron chi connectivity index (χ2n) is 10.5. The van der Waals surface area contributed by atoms with Gasteiger partial charge >= 0.3 is 0 Å². The largest absolute Gasteiger partial charge is 0.454 e. The van der Waals surface area contributed by atoms with Crippen LogP contribution in [0.2, 0.25) is 5.02 Å². The minimum absolute atomic E-state index is 0.0536. The molecule has 186 valence electrons. The van der Waals surface area contributed by atoms with Crippen LogP contribution in [0.5, 0.6) is 11.5 Å². The molecule has 1 aliphatic carbocycles. The fourth-order valence-electron chi connectivity index (χ4n) is 5.72. The zero-order valence-corrected chi connectivity index (χ0v) is 21.7. The summed E-state index contributed by atoms with van der Waals surface area (Å²) in [5.41, 5.74) is 4.37. The molecule has 0 bridgehead atoms. The van der Waals surface area contributed by atoms with Crippen molar-refractivity contribution in [3.63, 3.8) is 0 Å². The van der Waals surface area contributed by atoms with Crippen LogP contribution >= 0.6 is 11.6 Å². The summed E-state index contributed by atoms with van der Waals surface area (Å²) in [5.74, 6) is 1.50. The highest BCUT2D eigenvalue weighted by atomic mass is 35.5. The highest BCUT2D eigenvalue weighted by molar-refractivity contribution is 6.31. The molecule has 0 N–H and O–H groups in total. The Kier molecular flexibility index (Phi) is 5.43. The van der Waals surface area contributed by atoms with Crippen LogP contribution in [-0.2, 0) is 4.79 Å². The van der Waals surface area contributed by atoms with Crippen LogP contribution in [0.4, 0.5) is 5.69 Å². The Hall–Kier alpha value is -3.95. The van der Waals surface area contributed by atoms with Gasteiger partial charge in [0.2, 0.25) is 6.79 Å². The standard InChI is InChI=1S/C30H26ClN3O3/c1-18-21(31)7-6-8-22(18)34-23-14-30(2,3)15-24(35)28(23)27(19-9-10-25-26(13-19)37-17-36-25)20(16-32)29(34)33-11-4-5-12-33/h4-13,27H,14-15,17H2,1-3H3/t27-/m1/s1. The van der Waals surface area contributed by atoms with Gasteiger partial charge in [-0.05, 0) is 66.3 Å². The number of ether oxygens (including phenoxy) is 2. The first kappa shape index (κ1) is 23.4. The number of aromatic nitrogens is 1. The van der Waals surface area contributed by atoms with E-state index in [1.54, 1.807) is 0 Å². The Labute approximate surface area is 221 Å². The van der Waals surface area contributed by atoms with Crippen LogP contribution in [0.3, 0.4) is 0 Å². The second-order valence-corrected chi connectivity index (χ2v) is 10.9. The van der Waals surface area contributed by atoms with Crippen LogP contribution in [0.1, 0.15) is 43.7 Å². The SMILES string of the molecule is Cc1c(Cl)cccc1N1C2=C(C(=O)CC(C)(C)C2)[C@H](c2ccc3c(c2)OCO3)C(C#N)=C1n1cccc1. The van der Waals surface area contributed by atoms with Crippen molar-refractivity contribution >= 4 is 28.9 Å². The minimum Gasteiger partial charge on any atom is -0.454 e. The number of halogens is 1. The van der Waals surface area contributed by atoms with E-state index in [4.69, 9.17) is 21.1 Å². The minimum atomic E-state index is -0.536. The first-order valence-electron chi connectivity index (χ1n) is 12.3. The van der Waals surface area contributed by atoms with Crippen molar-refractivity contribution in [2.45, 2.75) is 39.5 Å². The van der Waals surface area contributed by atoms with Crippen molar-refractivity contribution < 1.29 is 14.3 Å². The lowest BCUT2D eigenvalue weighted by molar-refractivity contribution is -0.118. The topological polar surface area (TPSA) is 67.5 Å². The predicted octanol–water partition coefficient (Wildman–Crippen LogP) is 6.82. The van der Waals surface area contributed by atoms with Crippen molar-refractivity contribution in [3.05, 3.63) is 93.9 Å². The van der Waals surface area contributed by atoms with Crippen LogP contribution in [0.25, 0.3) is 5.82 Å². The van der Waals surface area contributed by atoms with Gasteiger partial charge < -0.3 is 14.0 Å². The van der Waals surface area contributed by atoms with E-state index in [0.29, 0.717) is 46.3 Å². The van der Waals surface area contributed by atoms with Crippen molar-refractivity contribution in [2.75, 3.05) is 11.7 Å². The highest BCUT2D eigenvalue weighted by Gasteiger charge is 2.46. The molecule has 0 amide bonds. The zero-order valence-electron chi connectivity index (χ0n) is 20.9. The number of carbonyl (C=O) groups excluding carboxylic acids is 1. The molecule has 37 heavy (non-hydrogen) atoms. The van der Waals surface area contributed by atoms with Gasteiger partial charge in [0, 0.05) is 35.1 Å². The Morgan fingerprint density at radius 1 is 1.05 bits per heavy atom. The number of Topliss-reactive ketones (excluding diaryl/α,β-unsaturated/α-hetero) is 1. The van der Waals surface area contributed by atoms with E-state index >= 15 is 0 Å². The fourth-order valence-corrected chi connectivity index (χ4v) is 5.89. The van der Waals surface area contributed by atoms with E-state index in [2.05, 4.69) is 24.8 Å². The molecule has 0 unspecified atom stereocenters. The summed E-state index contributed by atoms with van der Waals surface area (Å²) in [6, 6.07) is 17.8. The van der Waals surface area contributed by atoms with E-state index in [0.717, 1.165) is 22.5 Å². The molecular weight excluding hydrogens is 486 g/mol. The average molecular weight is 512 g/mol. The monoisotopic (exact) mass is 511 g/mol. The van der Waals surface area contributed by atoms with Crippen LogP contribution < -0.4 is 14.4 Å². The van der Waals surface area contributed by atoms with Gasteiger partial charge in [0.05, 0.1) is 23.2 Å². The maximum Gasteiger partial charge on any atom is 0.231 e. The molecular formula is C30H26ClN3O3. The molecule has 6 rings (SSSR count). The molecule has 1 aromatic heterocycles. The summed E-state index contributed by atoms with van der Waals surface area (Å²) < 4.78 is 13.1. The van der Waals surface area contributed by atoms with Crippen molar-refractivity contribution in [2.24, 2.45) is 5.41 Å². The third kappa shape index (κ3) is 3.73. The molecule has 0 spiro atoms. The van der Waals surface area contributed by atoms with E-state index in [1.165, 1.54) is 0 Å². The van der Waals surface area contributed by atoms with Gasteiger partial charge in [-0.3, -0.25) is 9.69 Å². The molecule has 0 saturated carbocycles. The summed E-state index contributed by atoms with van der Waals surface area (Å²) in [6.07, 6.45) is 4.94. The number of nitrogens with zero attached hydrogens (tertiary/aromatic N) is 3. The van der Waals surface area contributed by atoms with E-state index < -0.39 is 5.92 Å². The molecule has 2 aliphatic heterocycles. The molecule has 7 heteroatoms. The normalized spacial score (nSPS) is 20.2. The van der Waals surface area contributed by atoms with Gasteiger partial charge in [-0.25, -0.2) is 0 Å². The Morgan fingerprint density at radius 2 is 1.81 bits per heavy atom. The van der Waals surface area contributed by atoms with Crippen molar-refractivity contribution in [1.82, 2.24) is 4.57 Å². The third-order valence-corrected chi connectivity index (χ3v) is 7.79. The van der Waals surface area contributed by atoms with Gasteiger partial charge in [-0.1, -0.05) is 37.6 Å². The summed E-state index contributed by atoms with van der Waals surface area (Å²) in [6.45, 7) is 6.36. The zero-order chi connectivity index (χ0) is 25.9. The summed E-state index contributed by atoms with van der Waals surface area (Å²) >= 11 is 6.59. The number of benzene rings is 2. The maximum absolute atomic E-state index is 13.9. The molecule has 0 radical (unpaired) electrons. The molecule has 3 aromatic rings. The molecule has 6 nitrogen and oxygen atoms in total. The molecule has 1 atom stereocenters. The molecule has 3 aliphatic rings. The average Bonchev–Trinajstić information content (AvgIpc) is 3.55. The number of nitriles is 1. The lowest BCUT2D eigenvalue weighted by Crippen LogP contribution is -2.40. The molecule has 0 saturated heterocycles. The Balaban J connectivity index is 1.69. The number of rotatable bonds is 3. The van der Waals surface area contributed by atoms with Gasteiger partial charge in [0.15, 0.2) is 17.3 Å². The summed E-state index contributed by atoms with van der Waals surface area (Å²) in [4.78, 5) is 16.0. The van der Waals surface area contributed by atoms with Crippen molar-refractivity contribution in [1.29, 1.82) is 5.26 Å². The lowest BCUT2D eigenvalue weighted by atomic mass is 9.68. The molecule has 2 aromatic carbocycles. The quantitative estimate of drug-likeness (QED) is 0.386. The summed E-state index contributed by atoms with van der Waals surface area (Å²) in [7, 11) is 0. The van der Waals surface area contributed by atoms with Crippen molar-refractivity contribution in [3.8, 4) is 17.6 Å². The van der Waals surface area contributed by atoms with E-state index in [1.807, 2.05) is 72.4 Å². The van der Waals surface area contributed by atoms with Crippen LogP contribution in [0.15, 0.2) is 77.8 Å². The molecule has 0 fully saturated rings. The number of hydrogen-bond acceptors (Lipinski definition) is 5. The first-order chi connectivity index (χ1) is 17.8. The highest BCUT2D eigenvalue weighted by Crippen LogP contribution is 2.53. The maximum atomic E-state index is 13.9. The second kappa shape index (κ2) is 8.57. The van der Waals surface area contributed by atoms with Gasteiger partial charge in [-0.2, -0.15) is 5.26 Å². The first-order valence-corrected chi connectivity index (χ1v) is 12.7. The Morgan fingerprint density at radius 3 is 2.57 bits per heavy atom. The van der Waals surface area contributed by atoms with E-state index in [9.17, 15) is 10.1 Å². The van der Waals surface area contributed by atoms with Gasteiger partial charge in [0.25, 0.3) is 0 Å². The smallest absolute Gasteiger partial charge is 0.231 e. The molecule has 3 heterocycles. The third-order valence-electron chi connectivity index (χ3n) is 7.38. The fraction of sp³-hybridized carbons (Fsp3) is 0.267.